The number of rotatable bonds is 5. The number of nitrogens with zero attached hydrogens (tertiary/aromatic N) is 1. The van der Waals surface area contributed by atoms with Crippen LogP contribution in [0.5, 0.6) is 5.75 Å². The maximum Gasteiger partial charge on any atom is 0.417 e. The number of ether oxygens (including phenoxy) is 1. The lowest BCUT2D eigenvalue weighted by Gasteiger charge is -2.18. The van der Waals surface area contributed by atoms with Crippen molar-refractivity contribution in [1.29, 1.82) is 0 Å². The van der Waals surface area contributed by atoms with Gasteiger partial charge in [-0.05, 0) is 43.0 Å². The summed E-state index contributed by atoms with van der Waals surface area (Å²) in [7, 11) is 0. The third kappa shape index (κ3) is 4.98. The number of aliphatic hydroxyl groups excluding tert-OH is 1. The van der Waals surface area contributed by atoms with Crippen molar-refractivity contribution in [3.63, 3.8) is 0 Å². The van der Waals surface area contributed by atoms with Crippen LogP contribution in [0.1, 0.15) is 44.4 Å². The van der Waals surface area contributed by atoms with Gasteiger partial charge in [0.2, 0.25) is 0 Å². The molecule has 0 fully saturated rings. The van der Waals surface area contributed by atoms with Crippen molar-refractivity contribution in [3.05, 3.63) is 29.3 Å². The first kappa shape index (κ1) is 19.0. The Morgan fingerprint density at radius 2 is 2.26 bits per heavy atom. The van der Waals surface area contributed by atoms with E-state index in [2.05, 4.69) is 11.2 Å². The molecular formula is C18H26N2O3. The molecule has 0 aromatic heterocycles. The van der Waals surface area contributed by atoms with Crippen LogP contribution >= 0.6 is 0 Å². The number of amides is 1. The molecule has 1 atom stereocenters. The Kier molecular flexibility index (Phi) is 8.17. The number of fused-ring (bicyclic) bond motifs is 1. The smallest absolute Gasteiger partial charge is 0.410 e. The number of carbonyl (C=O) groups is 1. The molecule has 2 N–H and O–H groups in total. The van der Waals surface area contributed by atoms with Crippen molar-refractivity contribution >= 4 is 6.09 Å². The van der Waals surface area contributed by atoms with Crippen molar-refractivity contribution in [2.24, 2.45) is 0 Å². The van der Waals surface area contributed by atoms with Crippen LogP contribution in [0.3, 0.4) is 0 Å². The molecule has 5 heteroatoms. The van der Waals surface area contributed by atoms with E-state index in [1.54, 1.807) is 13.0 Å². The summed E-state index contributed by atoms with van der Waals surface area (Å²) < 4.78 is 5.30. The number of aryl methyl sites for hydroxylation is 1. The van der Waals surface area contributed by atoms with Gasteiger partial charge in [0.15, 0.2) is 0 Å². The zero-order valence-corrected chi connectivity index (χ0v) is 14.1. The largest absolute Gasteiger partial charge is 0.417 e. The minimum absolute atomic E-state index is 0.204. The standard InChI is InChI=1S/C16H20N2O3.C2H6/c1-3-9-17-15-8-6-12-5-7-13(10-14(12)15)21-16(20)18(4-2)11-19;1-2/h1,5,7,10,15,17,19H,4,6,8-9,11H2,2H3;1-2H3/t15-;/m1./s1. The van der Waals surface area contributed by atoms with Gasteiger partial charge in [0.05, 0.1) is 6.54 Å². The van der Waals surface area contributed by atoms with Crippen LogP contribution in [0, 0.1) is 12.3 Å². The molecule has 23 heavy (non-hydrogen) atoms. The molecule has 1 aliphatic carbocycles. The van der Waals surface area contributed by atoms with Gasteiger partial charge in [0.25, 0.3) is 0 Å². The average Bonchev–Trinajstić information content (AvgIpc) is 2.98. The Hall–Kier alpha value is -2.03. The highest BCUT2D eigenvalue weighted by Gasteiger charge is 2.23. The predicted octanol–water partition coefficient (Wildman–Crippen LogP) is 2.69. The molecule has 1 aromatic rings. The van der Waals surface area contributed by atoms with Crippen molar-refractivity contribution in [3.8, 4) is 18.1 Å². The normalized spacial score (nSPS) is 15.0. The maximum atomic E-state index is 11.8. The van der Waals surface area contributed by atoms with E-state index >= 15 is 0 Å². The second-order valence-electron chi connectivity index (χ2n) is 4.90. The second-order valence-corrected chi connectivity index (χ2v) is 4.90. The Morgan fingerprint density at radius 3 is 2.87 bits per heavy atom. The highest BCUT2D eigenvalue weighted by molar-refractivity contribution is 5.70. The summed E-state index contributed by atoms with van der Waals surface area (Å²) in [4.78, 5) is 13.0. The van der Waals surface area contributed by atoms with Gasteiger partial charge in [-0.1, -0.05) is 25.8 Å². The summed E-state index contributed by atoms with van der Waals surface area (Å²) in [5.74, 6) is 3.06. The molecule has 0 saturated heterocycles. The number of aliphatic hydroxyl groups is 1. The monoisotopic (exact) mass is 318 g/mol. The van der Waals surface area contributed by atoms with Gasteiger partial charge >= 0.3 is 6.09 Å². The van der Waals surface area contributed by atoms with E-state index in [9.17, 15) is 4.79 Å². The van der Waals surface area contributed by atoms with Gasteiger partial charge in [-0.15, -0.1) is 6.42 Å². The molecule has 0 aliphatic heterocycles. The predicted molar refractivity (Wildman–Crippen MR) is 91.2 cm³/mol. The van der Waals surface area contributed by atoms with Crippen LogP contribution in [0.15, 0.2) is 18.2 Å². The first-order valence-electron chi connectivity index (χ1n) is 8.06. The minimum Gasteiger partial charge on any atom is -0.410 e. The van der Waals surface area contributed by atoms with E-state index in [0.29, 0.717) is 18.8 Å². The topological polar surface area (TPSA) is 61.8 Å². The molecule has 0 bridgehead atoms. The van der Waals surface area contributed by atoms with Gasteiger partial charge in [0, 0.05) is 12.6 Å². The lowest BCUT2D eigenvalue weighted by Crippen LogP contribution is -2.34. The van der Waals surface area contributed by atoms with Crippen molar-refractivity contribution in [2.45, 2.75) is 39.7 Å². The van der Waals surface area contributed by atoms with E-state index in [4.69, 9.17) is 16.3 Å². The molecule has 0 radical (unpaired) electrons. The number of carbonyl (C=O) groups excluding carboxylic acids is 1. The highest BCUT2D eigenvalue weighted by Crippen LogP contribution is 2.33. The van der Waals surface area contributed by atoms with E-state index in [0.717, 1.165) is 18.4 Å². The third-order valence-corrected chi connectivity index (χ3v) is 3.66. The Bertz CT molecular complexity index is 548. The van der Waals surface area contributed by atoms with Crippen LogP contribution in [0.4, 0.5) is 4.79 Å². The lowest BCUT2D eigenvalue weighted by molar-refractivity contribution is 0.0973. The van der Waals surface area contributed by atoms with Crippen molar-refractivity contribution in [1.82, 2.24) is 10.2 Å². The Labute approximate surface area is 138 Å². The molecule has 2 rings (SSSR count). The quantitative estimate of drug-likeness (QED) is 0.647. The van der Waals surface area contributed by atoms with Gasteiger partial charge in [-0.3, -0.25) is 10.2 Å². The fourth-order valence-electron chi connectivity index (χ4n) is 2.49. The summed E-state index contributed by atoms with van der Waals surface area (Å²) in [6.07, 6.45) is 6.71. The molecule has 1 amide bonds. The number of hydrogen-bond acceptors (Lipinski definition) is 4. The molecule has 126 valence electrons. The van der Waals surface area contributed by atoms with Crippen LogP contribution in [0.25, 0.3) is 0 Å². The summed E-state index contributed by atoms with van der Waals surface area (Å²) in [5.41, 5.74) is 2.38. The van der Waals surface area contributed by atoms with Crippen LogP contribution in [-0.2, 0) is 6.42 Å². The summed E-state index contributed by atoms with van der Waals surface area (Å²) in [6, 6.07) is 5.84. The van der Waals surface area contributed by atoms with Gasteiger partial charge < -0.3 is 9.84 Å². The summed E-state index contributed by atoms with van der Waals surface area (Å²) in [6.45, 7) is 6.33. The van der Waals surface area contributed by atoms with Crippen molar-refractivity contribution < 1.29 is 14.6 Å². The number of terminal acetylenes is 1. The molecule has 0 heterocycles. The van der Waals surface area contributed by atoms with E-state index in [1.165, 1.54) is 10.5 Å². The Balaban J connectivity index is 0.00000127. The zero-order valence-electron chi connectivity index (χ0n) is 14.1. The van der Waals surface area contributed by atoms with Crippen molar-refractivity contribution in [2.75, 3.05) is 19.8 Å². The van der Waals surface area contributed by atoms with Gasteiger partial charge in [-0.25, -0.2) is 4.79 Å². The first-order valence-corrected chi connectivity index (χ1v) is 8.06. The van der Waals surface area contributed by atoms with Crippen LogP contribution in [0.2, 0.25) is 0 Å². The minimum atomic E-state index is -0.550. The first-order chi connectivity index (χ1) is 11.2. The van der Waals surface area contributed by atoms with E-state index in [1.807, 2.05) is 26.0 Å². The molecule has 1 aliphatic rings. The number of benzene rings is 1. The molecule has 0 unspecified atom stereocenters. The van der Waals surface area contributed by atoms with Gasteiger partial charge in [-0.2, -0.15) is 0 Å². The Morgan fingerprint density at radius 1 is 1.52 bits per heavy atom. The van der Waals surface area contributed by atoms with Crippen LogP contribution in [-0.4, -0.2) is 35.9 Å². The number of hydrogen-bond donors (Lipinski definition) is 2. The van der Waals surface area contributed by atoms with Crippen LogP contribution < -0.4 is 10.1 Å². The van der Waals surface area contributed by atoms with Gasteiger partial charge in [0.1, 0.15) is 12.5 Å². The third-order valence-electron chi connectivity index (χ3n) is 3.66. The highest BCUT2D eigenvalue weighted by atomic mass is 16.6. The summed E-state index contributed by atoms with van der Waals surface area (Å²) in [5, 5.41) is 12.4. The van der Waals surface area contributed by atoms with E-state index in [-0.39, 0.29) is 12.8 Å². The average molecular weight is 318 g/mol. The van der Waals surface area contributed by atoms with E-state index < -0.39 is 6.09 Å². The molecule has 1 aromatic carbocycles. The maximum absolute atomic E-state index is 11.8. The molecular weight excluding hydrogens is 292 g/mol. The fraction of sp³-hybridized carbons (Fsp3) is 0.500. The molecule has 5 nitrogen and oxygen atoms in total. The fourth-order valence-corrected chi connectivity index (χ4v) is 2.49. The molecule has 0 saturated carbocycles. The zero-order chi connectivity index (χ0) is 17.2. The molecule has 0 spiro atoms. The second kappa shape index (κ2) is 9.88. The number of nitrogens with one attached hydrogen (secondary N) is 1. The lowest BCUT2D eigenvalue weighted by atomic mass is 10.1. The summed E-state index contributed by atoms with van der Waals surface area (Å²) >= 11 is 0. The SMILES string of the molecule is C#CCN[C@@H]1CCc2ccc(OC(=O)N(CC)CO)cc21.CC.